The van der Waals surface area contributed by atoms with E-state index in [0.717, 1.165) is 49.3 Å². The van der Waals surface area contributed by atoms with Crippen molar-refractivity contribution in [2.75, 3.05) is 18.4 Å². The molecular weight excluding hydrogens is 400 g/mol. The van der Waals surface area contributed by atoms with E-state index in [2.05, 4.69) is 47.1 Å². The Hall–Kier alpha value is -3.02. The maximum atomic E-state index is 12.8. The van der Waals surface area contributed by atoms with Crippen LogP contribution in [0, 0.1) is 6.92 Å². The van der Waals surface area contributed by atoms with Crippen molar-refractivity contribution in [3.8, 4) is 0 Å². The molecule has 6 nitrogen and oxygen atoms in total. The number of anilines is 1. The molecule has 1 atom stereocenters. The van der Waals surface area contributed by atoms with Crippen molar-refractivity contribution in [1.29, 1.82) is 0 Å². The van der Waals surface area contributed by atoms with E-state index in [4.69, 9.17) is 9.72 Å². The minimum absolute atomic E-state index is 0.0883. The fraction of sp³-hybridized carbons (Fsp3) is 0.462. The number of rotatable bonds is 5. The molecule has 170 valence electrons. The van der Waals surface area contributed by atoms with Crippen LogP contribution in [0.4, 0.5) is 10.7 Å². The highest BCUT2D eigenvalue weighted by atomic mass is 16.6. The van der Waals surface area contributed by atoms with Gasteiger partial charge in [-0.2, -0.15) is 0 Å². The molecule has 6 heteroatoms. The zero-order valence-corrected chi connectivity index (χ0v) is 19.6. The maximum Gasteiger partial charge on any atom is 0.410 e. The lowest BCUT2D eigenvalue weighted by Gasteiger charge is -2.36. The van der Waals surface area contributed by atoms with Gasteiger partial charge in [-0.05, 0) is 70.2 Å². The van der Waals surface area contributed by atoms with E-state index in [9.17, 15) is 4.79 Å². The monoisotopic (exact) mass is 434 g/mol. The number of imidazole rings is 1. The molecule has 0 saturated carbocycles. The third-order valence-electron chi connectivity index (χ3n) is 6.00. The Bertz CT molecular complexity index is 1080. The van der Waals surface area contributed by atoms with E-state index in [1.165, 1.54) is 11.1 Å². The van der Waals surface area contributed by atoms with Crippen LogP contribution in [0.25, 0.3) is 11.0 Å². The summed E-state index contributed by atoms with van der Waals surface area (Å²) in [5.74, 6) is 0.837. The minimum Gasteiger partial charge on any atom is -0.444 e. The van der Waals surface area contributed by atoms with Crippen LogP contribution in [0.1, 0.15) is 51.2 Å². The van der Waals surface area contributed by atoms with E-state index in [-0.39, 0.29) is 12.1 Å². The smallest absolute Gasteiger partial charge is 0.410 e. The number of carbonyl (C=O) groups is 1. The lowest BCUT2D eigenvalue weighted by molar-refractivity contribution is 0.0114. The number of aryl methyl sites for hydroxylation is 1. The van der Waals surface area contributed by atoms with Crippen LogP contribution in [0.15, 0.2) is 48.5 Å². The Morgan fingerprint density at radius 2 is 1.88 bits per heavy atom. The Balaban J connectivity index is 1.56. The quantitative estimate of drug-likeness (QED) is 0.568. The van der Waals surface area contributed by atoms with E-state index in [1.54, 1.807) is 0 Å². The van der Waals surface area contributed by atoms with Gasteiger partial charge in [0.1, 0.15) is 5.60 Å². The van der Waals surface area contributed by atoms with Crippen molar-refractivity contribution in [1.82, 2.24) is 14.5 Å². The van der Waals surface area contributed by atoms with Gasteiger partial charge in [-0.1, -0.05) is 36.4 Å². The van der Waals surface area contributed by atoms with Crippen LogP contribution in [0.2, 0.25) is 0 Å². The highest BCUT2D eigenvalue weighted by Crippen LogP contribution is 2.24. The summed E-state index contributed by atoms with van der Waals surface area (Å²) >= 11 is 0. The number of amides is 1. The number of likely N-dealkylation sites (tertiary alicyclic amines) is 1. The molecule has 2 heterocycles. The number of fused-ring (bicyclic) bond motifs is 1. The summed E-state index contributed by atoms with van der Waals surface area (Å²) in [6.07, 6.45) is 2.87. The standard InChI is InChI=1S/C26H34N4O2/c1-19-11-5-6-12-20(19)18-30-23-15-8-7-14-22(23)28-24(30)27-17-21-13-9-10-16-29(21)25(31)32-26(2,3)4/h5-8,11-12,14-15,21H,9-10,13,16-18H2,1-4H3,(H,27,28)/t21-/m0/s1. The summed E-state index contributed by atoms with van der Waals surface area (Å²) in [5.41, 5.74) is 4.11. The lowest BCUT2D eigenvalue weighted by atomic mass is 10.0. The van der Waals surface area contributed by atoms with Gasteiger partial charge >= 0.3 is 6.09 Å². The second-order valence-electron chi connectivity index (χ2n) is 9.64. The first kappa shape index (κ1) is 22.2. The average molecular weight is 435 g/mol. The van der Waals surface area contributed by atoms with Gasteiger partial charge in [0.25, 0.3) is 0 Å². The highest BCUT2D eigenvalue weighted by Gasteiger charge is 2.30. The number of carbonyl (C=O) groups excluding carboxylic acids is 1. The number of nitrogens with zero attached hydrogens (tertiary/aromatic N) is 3. The SMILES string of the molecule is Cc1ccccc1Cn1c(NC[C@@H]2CCCCN2C(=O)OC(C)(C)C)nc2ccccc21. The molecule has 1 aliphatic rings. The Kier molecular flexibility index (Phi) is 6.40. The first-order valence-corrected chi connectivity index (χ1v) is 11.5. The summed E-state index contributed by atoms with van der Waals surface area (Å²) in [5, 5.41) is 3.56. The van der Waals surface area contributed by atoms with Crippen LogP contribution in [0.5, 0.6) is 0 Å². The fourth-order valence-corrected chi connectivity index (χ4v) is 4.31. The van der Waals surface area contributed by atoms with Crippen molar-refractivity contribution in [3.63, 3.8) is 0 Å². The molecular formula is C26H34N4O2. The molecule has 3 aromatic rings. The van der Waals surface area contributed by atoms with Gasteiger partial charge < -0.3 is 19.5 Å². The number of piperidine rings is 1. The summed E-state index contributed by atoms with van der Waals surface area (Å²) in [4.78, 5) is 19.5. The molecule has 1 aliphatic heterocycles. The minimum atomic E-state index is -0.492. The Morgan fingerprint density at radius 1 is 1.12 bits per heavy atom. The normalized spacial score (nSPS) is 16.9. The van der Waals surface area contributed by atoms with Crippen molar-refractivity contribution >= 4 is 23.1 Å². The number of para-hydroxylation sites is 2. The Labute approximate surface area is 190 Å². The molecule has 0 spiro atoms. The van der Waals surface area contributed by atoms with Gasteiger partial charge in [-0.25, -0.2) is 9.78 Å². The Morgan fingerprint density at radius 3 is 2.66 bits per heavy atom. The molecule has 0 bridgehead atoms. The molecule has 0 radical (unpaired) electrons. The second kappa shape index (κ2) is 9.23. The van der Waals surface area contributed by atoms with Crippen LogP contribution >= 0.6 is 0 Å². The molecule has 0 unspecified atom stereocenters. The van der Waals surface area contributed by atoms with Crippen molar-refractivity contribution < 1.29 is 9.53 Å². The summed E-state index contributed by atoms with van der Waals surface area (Å²) in [6, 6.07) is 16.8. The molecule has 32 heavy (non-hydrogen) atoms. The van der Waals surface area contributed by atoms with Crippen molar-refractivity contribution in [3.05, 3.63) is 59.7 Å². The molecule has 0 aliphatic carbocycles. The molecule has 1 saturated heterocycles. The molecule has 1 N–H and O–H groups in total. The van der Waals surface area contributed by atoms with Crippen molar-refractivity contribution in [2.24, 2.45) is 0 Å². The predicted molar refractivity (Wildman–Crippen MR) is 129 cm³/mol. The first-order chi connectivity index (χ1) is 15.3. The van der Waals surface area contributed by atoms with Gasteiger partial charge in [0.2, 0.25) is 5.95 Å². The van der Waals surface area contributed by atoms with Gasteiger partial charge in [-0.15, -0.1) is 0 Å². The summed E-state index contributed by atoms with van der Waals surface area (Å²) < 4.78 is 7.90. The topological polar surface area (TPSA) is 59.4 Å². The second-order valence-corrected chi connectivity index (χ2v) is 9.64. The van der Waals surface area contributed by atoms with E-state index < -0.39 is 5.60 Å². The zero-order valence-electron chi connectivity index (χ0n) is 19.6. The van der Waals surface area contributed by atoms with Crippen LogP contribution < -0.4 is 5.32 Å². The van der Waals surface area contributed by atoms with Crippen LogP contribution in [-0.4, -0.2) is 45.3 Å². The number of nitrogens with one attached hydrogen (secondary N) is 1. The molecule has 1 aromatic heterocycles. The van der Waals surface area contributed by atoms with E-state index in [1.807, 2.05) is 43.9 Å². The van der Waals surface area contributed by atoms with Gasteiger partial charge in [0, 0.05) is 13.1 Å². The molecule has 1 fully saturated rings. The number of ether oxygens (including phenoxy) is 1. The highest BCUT2D eigenvalue weighted by molar-refractivity contribution is 5.78. The predicted octanol–water partition coefficient (Wildman–Crippen LogP) is 5.59. The van der Waals surface area contributed by atoms with Crippen LogP contribution in [-0.2, 0) is 11.3 Å². The first-order valence-electron chi connectivity index (χ1n) is 11.5. The number of hydrogen-bond acceptors (Lipinski definition) is 4. The zero-order chi connectivity index (χ0) is 22.7. The number of aromatic nitrogens is 2. The summed E-state index contributed by atoms with van der Waals surface area (Å²) in [6.45, 7) is 10.0. The number of benzene rings is 2. The molecule has 2 aromatic carbocycles. The van der Waals surface area contributed by atoms with Gasteiger partial charge in [0.05, 0.1) is 23.6 Å². The maximum absolute atomic E-state index is 12.8. The van der Waals surface area contributed by atoms with Gasteiger partial charge in [0.15, 0.2) is 0 Å². The third-order valence-corrected chi connectivity index (χ3v) is 6.00. The van der Waals surface area contributed by atoms with E-state index in [0.29, 0.717) is 6.54 Å². The third kappa shape index (κ3) is 5.06. The molecule has 4 rings (SSSR count). The summed E-state index contributed by atoms with van der Waals surface area (Å²) in [7, 11) is 0. The fourth-order valence-electron chi connectivity index (χ4n) is 4.31. The number of hydrogen-bond donors (Lipinski definition) is 1. The average Bonchev–Trinajstić information content (AvgIpc) is 3.10. The molecule has 1 amide bonds. The van der Waals surface area contributed by atoms with Crippen molar-refractivity contribution in [2.45, 2.75) is 65.1 Å². The largest absolute Gasteiger partial charge is 0.444 e. The van der Waals surface area contributed by atoms with Gasteiger partial charge in [-0.3, -0.25) is 0 Å². The van der Waals surface area contributed by atoms with Crippen LogP contribution in [0.3, 0.4) is 0 Å². The lowest BCUT2D eigenvalue weighted by Crippen LogP contribution is -2.49. The van der Waals surface area contributed by atoms with E-state index >= 15 is 0 Å².